The second-order valence-electron chi connectivity index (χ2n) is 13.0. The van der Waals surface area contributed by atoms with Crippen molar-refractivity contribution in [3.8, 4) is 11.3 Å². The third-order valence-electron chi connectivity index (χ3n) is 9.41. The van der Waals surface area contributed by atoms with Gasteiger partial charge in [-0.2, -0.15) is 11.3 Å². The molecule has 8 rings (SSSR count). The summed E-state index contributed by atoms with van der Waals surface area (Å²) >= 11 is 1.70. The van der Waals surface area contributed by atoms with E-state index in [9.17, 15) is 9.59 Å². The van der Waals surface area contributed by atoms with Crippen molar-refractivity contribution in [1.82, 2.24) is 29.9 Å². The molecule has 0 spiro atoms. The Balaban J connectivity index is 0.000000165. The highest BCUT2D eigenvalue weighted by molar-refractivity contribution is 7.07. The Labute approximate surface area is 311 Å². The zero-order valence-electron chi connectivity index (χ0n) is 29.3. The van der Waals surface area contributed by atoms with Gasteiger partial charge in [-0.25, -0.2) is 5.48 Å². The average molecular weight is 725 g/mol. The van der Waals surface area contributed by atoms with Crippen LogP contribution in [0.5, 0.6) is 0 Å². The van der Waals surface area contributed by atoms with Crippen molar-refractivity contribution in [2.45, 2.75) is 32.5 Å². The number of hydrogen-bond acceptors (Lipinski definition) is 8. The number of aromatic nitrogens is 4. The van der Waals surface area contributed by atoms with E-state index >= 15 is 0 Å². The third-order valence-corrected chi connectivity index (χ3v) is 10.1. The van der Waals surface area contributed by atoms with E-state index in [-0.39, 0.29) is 5.91 Å². The number of para-hydroxylation sites is 3. The summed E-state index contributed by atoms with van der Waals surface area (Å²) in [5.74, 6) is -0.692. The molecule has 7 aromatic rings. The molecule has 0 radical (unpaired) electrons. The molecular weight excluding hydrogens is 685 g/mol. The van der Waals surface area contributed by atoms with Crippen LogP contribution in [-0.2, 0) is 32.5 Å². The van der Waals surface area contributed by atoms with Gasteiger partial charge in [-0.15, -0.1) is 5.10 Å². The largest absolute Gasteiger partial charge is 0.397 e. The maximum Gasteiger partial charge on any atom is 0.274 e. The summed E-state index contributed by atoms with van der Waals surface area (Å²) in [6, 6.07) is 32.5. The Morgan fingerprint density at radius 2 is 1.62 bits per heavy atom. The van der Waals surface area contributed by atoms with Crippen LogP contribution in [0.25, 0.3) is 22.2 Å². The standard InChI is InChI=1S/C21H19N5OS.C20H21N3O2/c22-18-3-1-2-4-19(18)23-21(27)17-7-5-16(6-8-17)20-13-26(25-24-20)11-9-15-10-12-28-14-15;1-22-11-10-19-17(13-22)16-4-2-3-5-18(16)23(19)12-14-6-8-15(9-7-14)20(24)21-25/h1-8,10,12-14H,9,11,22H2,(H,23,27);2-9,25H,10-13H2,1H3,(H,21,24). The molecule has 1 aliphatic rings. The van der Waals surface area contributed by atoms with Crippen molar-refractivity contribution in [3.63, 3.8) is 0 Å². The van der Waals surface area contributed by atoms with Crippen LogP contribution in [-0.4, -0.2) is 55.1 Å². The third kappa shape index (κ3) is 8.20. The van der Waals surface area contributed by atoms with Gasteiger partial charge in [0.15, 0.2) is 0 Å². The predicted octanol–water partition coefficient (Wildman–Crippen LogP) is 6.88. The molecule has 12 heteroatoms. The van der Waals surface area contributed by atoms with Crippen LogP contribution in [0.4, 0.5) is 11.4 Å². The van der Waals surface area contributed by atoms with Crippen LogP contribution in [0.1, 0.15) is 43.1 Å². The van der Waals surface area contributed by atoms with Crippen LogP contribution in [0.3, 0.4) is 0 Å². The Bertz CT molecular complexity index is 2330. The minimum Gasteiger partial charge on any atom is -0.397 e. The highest BCUT2D eigenvalue weighted by Gasteiger charge is 2.22. The lowest BCUT2D eigenvalue weighted by Gasteiger charge is -2.24. The van der Waals surface area contributed by atoms with Gasteiger partial charge >= 0.3 is 0 Å². The fourth-order valence-corrected chi connectivity index (χ4v) is 7.24. The molecule has 0 bridgehead atoms. The zero-order chi connectivity index (χ0) is 36.7. The Hall–Kier alpha value is -6.08. The van der Waals surface area contributed by atoms with Gasteiger partial charge in [-0.05, 0) is 89.4 Å². The molecule has 0 saturated heterocycles. The monoisotopic (exact) mass is 724 g/mol. The molecule has 3 aromatic heterocycles. The van der Waals surface area contributed by atoms with E-state index in [0.29, 0.717) is 22.5 Å². The van der Waals surface area contributed by atoms with E-state index in [4.69, 9.17) is 10.9 Å². The Kier molecular flexibility index (Phi) is 10.7. The summed E-state index contributed by atoms with van der Waals surface area (Å²) < 4.78 is 4.24. The molecule has 1 aliphatic heterocycles. The number of aryl methyl sites for hydroxylation is 2. The first kappa shape index (κ1) is 35.3. The molecule has 0 aliphatic carbocycles. The number of benzene rings is 4. The van der Waals surface area contributed by atoms with Gasteiger partial charge < -0.3 is 20.5 Å². The SMILES string of the molecule is CN1CCc2c(c3ccccc3n2Cc2ccc(C(=O)NO)cc2)C1.Nc1ccccc1NC(=O)c1ccc(-c2cn(CCc3ccsc3)nn2)cc1. The second kappa shape index (κ2) is 16.1. The van der Waals surface area contributed by atoms with Crippen LogP contribution in [0, 0.1) is 0 Å². The lowest BCUT2D eigenvalue weighted by atomic mass is 10.1. The summed E-state index contributed by atoms with van der Waals surface area (Å²) in [6.45, 7) is 3.61. The first-order valence-corrected chi connectivity index (χ1v) is 18.3. The number of nitrogens with two attached hydrogens (primary N) is 1. The Morgan fingerprint density at radius 1 is 0.887 bits per heavy atom. The van der Waals surface area contributed by atoms with Gasteiger partial charge in [0.05, 0.1) is 17.6 Å². The minimum absolute atomic E-state index is 0.205. The van der Waals surface area contributed by atoms with Crippen LogP contribution in [0.2, 0.25) is 0 Å². The topological polar surface area (TPSA) is 143 Å². The number of anilines is 2. The molecule has 0 fully saturated rings. The number of nitrogens with zero attached hydrogens (tertiary/aromatic N) is 5. The van der Waals surface area contributed by atoms with Crippen molar-refractivity contribution in [2.24, 2.45) is 0 Å². The van der Waals surface area contributed by atoms with Gasteiger partial charge in [-0.1, -0.05) is 59.8 Å². The zero-order valence-corrected chi connectivity index (χ0v) is 30.1. The molecule has 4 heterocycles. The quantitative estimate of drug-likeness (QED) is 0.0722. The minimum atomic E-state index is -0.488. The highest BCUT2D eigenvalue weighted by Crippen LogP contribution is 2.31. The van der Waals surface area contributed by atoms with Crippen molar-refractivity contribution in [3.05, 3.63) is 154 Å². The van der Waals surface area contributed by atoms with Crippen LogP contribution in [0.15, 0.2) is 120 Å². The van der Waals surface area contributed by atoms with E-state index in [1.54, 1.807) is 53.2 Å². The maximum absolute atomic E-state index is 12.4. The summed E-state index contributed by atoms with van der Waals surface area (Å²) in [4.78, 5) is 26.2. The van der Waals surface area contributed by atoms with Gasteiger partial charge in [-0.3, -0.25) is 19.5 Å². The highest BCUT2D eigenvalue weighted by atomic mass is 32.1. The molecule has 0 saturated carbocycles. The molecule has 5 N–H and O–H groups in total. The smallest absolute Gasteiger partial charge is 0.274 e. The maximum atomic E-state index is 12.4. The number of hydrogen-bond donors (Lipinski definition) is 4. The average Bonchev–Trinajstić information content (AvgIpc) is 3.96. The fourth-order valence-electron chi connectivity index (χ4n) is 6.54. The molecule has 53 heavy (non-hydrogen) atoms. The lowest BCUT2D eigenvalue weighted by Crippen LogP contribution is -2.27. The first-order valence-electron chi connectivity index (χ1n) is 17.3. The number of amides is 2. The molecular formula is C41H40N8O3S. The van der Waals surface area contributed by atoms with E-state index in [0.717, 1.165) is 55.8 Å². The number of carbonyl (C=O) groups is 2. The van der Waals surface area contributed by atoms with Crippen molar-refractivity contribution >= 4 is 45.4 Å². The van der Waals surface area contributed by atoms with Gasteiger partial charge in [0.25, 0.3) is 11.8 Å². The van der Waals surface area contributed by atoms with Crippen LogP contribution < -0.4 is 16.5 Å². The van der Waals surface area contributed by atoms with E-state index in [1.165, 1.54) is 27.7 Å². The summed E-state index contributed by atoms with van der Waals surface area (Å²) in [7, 11) is 2.17. The number of carbonyl (C=O) groups excluding carboxylic acids is 2. The summed E-state index contributed by atoms with van der Waals surface area (Å²) in [5, 5.41) is 25.5. The first-order chi connectivity index (χ1) is 25.9. The van der Waals surface area contributed by atoms with Gasteiger partial charge in [0.1, 0.15) is 5.69 Å². The molecule has 2 amide bonds. The van der Waals surface area contributed by atoms with Gasteiger partial charge in [0, 0.05) is 65.9 Å². The normalized spacial score (nSPS) is 12.5. The van der Waals surface area contributed by atoms with Crippen molar-refractivity contribution in [2.75, 3.05) is 24.6 Å². The summed E-state index contributed by atoms with van der Waals surface area (Å²) in [6.07, 6.45) is 3.89. The lowest BCUT2D eigenvalue weighted by molar-refractivity contribution is 0.0706. The van der Waals surface area contributed by atoms with Crippen molar-refractivity contribution in [1.29, 1.82) is 0 Å². The van der Waals surface area contributed by atoms with E-state index in [2.05, 4.69) is 73.2 Å². The second-order valence-corrected chi connectivity index (χ2v) is 13.8. The molecule has 11 nitrogen and oxygen atoms in total. The molecule has 4 aromatic carbocycles. The van der Waals surface area contributed by atoms with Gasteiger partial charge in [0.2, 0.25) is 0 Å². The summed E-state index contributed by atoms with van der Waals surface area (Å²) in [5.41, 5.74) is 17.9. The van der Waals surface area contributed by atoms with E-state index in [1.807, 2.05) is 47.3 Å². The molecule has 268 valence electrons. The number of nitrogens with one attached hydrogen (secondary N) is 2. The molecule has 0 unspecified atom stereocenters. The number of thiophene rings is 1. The number of nitrogen functional groups attached to an aromatic ring is 1. The Morgan fingerprint density at radius 3 is 2.38 bits per heavy atom. The number of hydroxylamine groups is 1. The molecule has 0 atom stereocenters. The van der Waals surface area contributed by atoms with Crippen LogP contribution >= 0.6 is 11.3 Å². The fraction of sp³-hybridized carbons (Fsp3) is 0.171. The predicted molar refractivity (Wildman–Crippen MR) is 209 cm³/mol. The number of likely N-dealkylation sites (N-methyl/N-ethyl adjacent to an activating group) is 1. The number of fused-ring (bicyclic) bond motifs is 3. The van der Waals surface area contributed by atoms with E-state index < -0.39 is 5.91 Å². The van der Waals surface area contributed by atoms with Crippen molar-refractivity contribution < 1.29 is 14.8 Å². The number of rotatable bonds is 9.